The van der Waals surface area contributed by atoms with E-state index in [2.05, 4.69) is 5.10 Å². The summed E-state index contributed by atoms with van der Waals surface area (Å²) >= 11 is 0. The first-order valence-electron chi connectivity index (χ1n) is 6.01. The average Bonchev–Trinajstić information content (AvgIpc) is 2.77. The smallest absolute Gasteiger partial charge is 0.335 e. The predicted octanol–water partition coefficient (Wildman–Crippen LogP) is 2.05. The summed E-state index contributed by atoms with van der Waals surface area (Å²) in [5.74, 6) is -0.335. The molecular weight excluding hydrogens is 244 g/mol. The van der Waals surface area contributed by atoms with E-state index in [1.807, 2.05) is 20.0 Å². The van der Waals surface area contributed by atoms with Crippen LogP contribution >= 0.6 is 0 Å². The molecule has 0 saturated heterocycles. The third kappa shape index (κ3) is 3.13. The number of ether oxygens (including phenoxy) is 1. The van der Waals surface area contributed by atoms with E-state index in [1.54, 1.807) is 29.1 Å². The first-order chi connectivity index (χ1) is 9.08. The fourth-order valence-corrected chi connectivity index (χ4v) is 1.80. The van der Waals surface area contributed by atoms with Gasteiger partial charge in [-0.25, -0.2) is 4.79 Å². The molecule has 0 aliphatic heterocycles. The minimum atomic E-state index is -0.948. The normalized spacial score (nSPS) is 10.4. The van der Waals surface area contributed by atoms with E-state index in [0.29, 0.717) is 12.4 Å². The zero-order valence-corrected chi connectivity index (χ0v) is 11.0. The van der Waals surface area contributed by atoms with Crippen LogP contribution in [0.5, 0.6) is 5.75 Å². The largest absolute Gasteiger partial charge is 0.493 e. The maximum absolute atomic E-state index is 10.9. The molecule has 0 radical (unpaired) electrons. The van der Waals surface area contributed by atoms with Gasteiger partial charge in [0.2, 0.25) is 0 Å². The maximum Gasteiger partial charge on any atom is 0.335 e. The lowest BCUT2D eigenvalue weighted by atomic mass is 10.1. The Morgan fingerprint density at radius 3 is 2.84 bits per heavy atom. The van der Waals surface area contributed by atoms with Crippen molar-refractivity contribution in [1.29, 1.82) is 0 Å². The molecule has 1 N–H and O–H groups in total. The van der Waals surface area contributed by atoms with E-state index in [1.165, 1.54) is 0 Å². The molecule has 0 saturated carbocycles. The van der Waals surface area contributed by atoms with Gasteiger partial charge in [-0.3, -0.25) is 4.68 Å². The molecule has 0 aliphatic rings. The van der Waals surface area contributed by atoms with Gasteiger partial charge < -0.3 is 9.84 Å². The van der Waals surface area contributed by atoms with E-state index in [0.717, 1.165) is 17.7 Å². The van der Waals surface area contributed by atoms with Crippen LogP contribution in [0.2, 0.25) is 0 Å². The molecule has 100 valence electrons. The summed E-state index contributed by atoms with van der Waals surface area (Å²) in [6.07, 6.45) is 2.47. The van der Waals surface area contributed by atoms with Gasteiger partial charge in [-0.2, -0.15) is 5.10 Å². The van der Waals surface area contributed by atoms with E-state index >= 15 is 0 Å². The fraction of sp³-hybridized carbons (Fsp3) is 0.286. The number of hydrogen-bond donors (Lipinski definition) is 1. The monoisotopic (exact) mass is 260 g/mol. The van der Waals surface area contributed by atoms with Crippen LogP contribution in [-0.4, -0.2) is 27.5 Å². The molecule has 19 heavy (non-hydrogen) atoms. The average molecular weight is 260 g/mol. The Morgan fingerprint density at radius 1 is 1.42 bits per heavy atom. The highest BCUT2D eigenvalue weighted by molar-refractivity contribution is 5.88. The molecule has 0 amide bonds. The minimum Gasteiger partial charge on any atom is -0.493 e. The lowest BCUT2D eigenvalue weighted by Crippen LogP contribution is -2.07. The number of nitrogens with zero attached hydrogens (tertiary/aromatic N) is 2. The highest BCUT2D eigenvalue weighted by Gasteiger charge is 2.07. The van der Waals surface area contributed by atoms with Gasteiger partial charge in [0.1, 0.15) is 5.75 Å². The number of aromatic carboxylic acids is 1. The summed E-state index contributed by atoms with van der Waals surface area (Å²) in [6, 6.07) is 6.82. The third-order valence-electron chi connectivity index (χ3n) is 2.97. The minimum absolute atomic E-state index is 0.237. The van der Waals surface area contributed by atoms with Gasteiger partial charge in [0.25, 0.3) is 0 Å². The summed E-state index contributed by atoms with van der Waals surface area (Å²) in [7, 11) is 1.88. The number of aromatic nitrogens is 2. The number of benzene rings is 1. The lowest BCUT2D eigenvalue weighted by molar-refractivity contribution is 0.0696. The Kier molecular flexibility index (Phi) is 3.85. The quantitative estimate of drug-likeness (QED) is 0.893. The highest BCUT2D eigenvalue weighted by atomic mass is 16.5. The molecule has 0 bridgehead atoms. The maximum atomic E-state index is 10.9. The van der Waals surface area contributed by atoms with Crippen molar-refractivity contribution in [3.8, 4) is 5.75 Å². The van der Waals surface area contributed by atoms with Gasteiger partial charge in [-0.05, 0) is 30.7 Å². The van der Waals surface area contributed by atoms with Crippen molar-refractivity contribution in [2.45, 2.75) is 13.3 Å². The zero-order valence-electron chi connectivity index (χ0n) is 11.0. The lowest BCUT2D eigenvalue weighted by Gasteiger charge is -2.10. The molecule has 2 rings (SSSR count). The van der Waals surface area contributed by atoms with Gasteiger partial charge in [0.05, 0.1) is 12.2 Å². The van der Waals surface area contributed by atoms with Crippen LogP contribution in [0, 0.1) is 6.92 Å². The Morgan fingerprint density at radius 2 is 2.21 bits per heavy atom. The summed E-state index contributed by atoms with van der Waals surface area (Å²) in [6.45, 7) is 2.38. The molecule has 0 atom stereocenters. The summed E-state index contributed by atoms with van der Waals surface area (Å²) in [5, 5.41) is 13.0. The SMILES string of the molecule is Cc1ccc(C(=O)O)cc1OCCc1ccnn1C. The number of aryl methyl sites for hydroxylation is 2. The second-order valence-electron chi connectivity index (χ2n) is 4.33. The Labute approximate surface area is 111 Å². The molecule has 0 aliphatic carbocycles. The molecular formula is C14H16N2O3. The standard InChI is InChI=1S/C14H16N2O3/c1-10-3-4-11(14(17)18)9-13(10)19-8-6-12-5-7-15-16(12)2/h3-5,7,9H,6,8H2,1-2H3,(H,17,18). The Hall–Kier alpha value is -2.30. The van der Waals surface area contributed by atoms with Crippen LogP contribution < -0.4 is 4.74 Å². The van der Waals surface area contributed by atoms with Crippen molar-refractivity contribution in [3.63, 3.8) is 0 Å². The second kappa shape index (κ2) is 5.56. The van der Waals surface area contributed by atoms with Crippen LogP contribution in [0.15, 0.2) is 30.5 Å². The fourth-order valence-electron chi connectivity index (χ4n) is 1.80. The second-order valence-corrected chi connectivity index (χ2v) is 4.33. The van der Waals surface area contributed by atoms with Crippen molar-refractivity contribution in [2.75, 3.05) is 6.61 Å². The van der Waals surface area contributed by atoms with Crippen LogP contribution in [-0.2, 0) is 13.5 Å². The summed E-state index contributed by atoms with van der Waals surface area (Å²) in [5.41, 5.74) is 2.24. The van der Waals surface area contributed by atoms with Crippen molar-refractivity contribution >= 4 is 5.97 Å². The highest BCUT2D eigenvalue weighted by Crippen LogP contribution is 2.19. The Bertz CT molecular complexity index is 590. The third-order valence-corrected chi connectivity index (χ3v) is 2.97. The van der Waals surface area contributed by atoms with Crippen LogP contribution in [0.3, 0.4) is 0 Å². The van der Waals surface area contributed by atoms with Crippen LogP contribution in [0.4, 0.5) is 0 Å². The molecule has 0 fully saturated rings. The van der Waals surface area contributed by atoms with E-state index in [9.17, 15) is 4.79 Å². The van der Waals surface area contributed by atoms with Crippen molar-refractivity contribution in [1.82, 2.24) is 9.78 Å². The van der Waals surface area contributed by atoms with Crippen LogP contribution in [0.25, 0.3) is 0 Å². The molecule has 2 aromatic rings. The first-order valence-corrected chi connectivity index (χ1v) is 6.01. The van der Waals surface area contributed by atoms with Crippen molar-refractivity contribution in [2.24, 2.45) is 7.05 Å². The van der Waals surface area contributed by atoms with Gasteiger partial charge in [-0.1, -0.05) is 6.07 Å². The van der Waals surface area contributed by atoms with Gasteiger partial charge in [0, 0.05) is 25.4 Å². The number of rotatable bonds is 5. The molecule has 1 heterocycles. The zero-order chi connectivity index (χ0) is 13.8. The van der Waals surface area contributed by atoms with Crippen molar-refractivity contribution < 1.29 is 14.6 Å². The molecule has 0 unspecified atom stereocenters. The first kappa shape index (κ1) is 13.1. The van der Waals surface area contributed by atoms with Crippen LogP contribution in [0.1, 0.15) is 21.6 Å². The van der Waals surface area contributed by atoms with E-state index in [-0.39, 0.29) is 5.56 Å². The predicted molar refractivity (Wildman–Crippen MR) is 70.5 cm³/mol. The van der Waals surface area contributed by atoms with E-state index in [4.69, 9.17) is 9.84 Å². The molecule has 1 aromatic carbocycles. The molecule has 1 aromatic heterocycles. The van der Waals surface area contributed by atoms with E-state index < -0.39 is 5.97 Å². The topological polar surface area (TPSA) is 64.3 Å². The van der Waals surface area contributed by atoms with Gasteiger partial charge >= 0.3 is 5.97 Å². The number of carboxylic acids is 1. The molecule has 5 heteroatoms. The number of carbonyl (C=O) groups is 1. The summed E-state index contributed by atoms with van der Waals surface area (Å²) < 4.78 is 7.45. The number of carboxylic acid groups (broad SMARTS) is 1. The van der Waals surface area contributed by atoms with Gasteiger partial charge in [-0.15, -0.1) is 0 Å². The summed E-state index contributed by atoms with van der Waals surface area (Å²) in [4.78, 5) is 10.9. The Balaban J connectivity index is 2.01. The molecule has 5 nitrogen and oxygen atoms in total. The van der Waals surface area contributed by atoms with Crippen molar-refractivity contribution in [3.05, 3.63) is 47.3 Å². The molecule has 0 spiro atoms. The number of hydrogen-bond acceptors (Lipinski definition) is 3. The van der Waals surface area contributed by atoms with Gasteiger partial charge in [0.15, 0.2) is 0 Å².